The van der Waals surface area contributed by atoms with Crippen molar-refractivity contribution in [2.45, 2.75) is 37.6 Å². The third-order valence-corrected chi connectivity index (χ3v) is 3.50. The van der Waals surface area contributed by atoms with Crippen LogP contribution in [0.1, 0.15) is 18.5 Å². The lowest BCUT2D eigenvalue weighted by Crippen LogP contribution is -2.47. The first-order valence-corrected chi connectivity index (χ1v) is 6.37. The lowest BCUT2D eigenvalue weighted by molar-refractivity contribution is -0.219. The summed E-state index contributed by atoms with van der Waals surface area (Å²) in [5, 5.41) is 9.37. The number of nitrogens with zero attached hydrogens (tertiary/aromatic N) is 2. The van der Waals surface area contributed by atoms with Crippen LogP contribution in [-0.4, -0.2) is 46.4 Å². The Kier molecular flexibility index (Phi) is 4.42. The number of likely N-dealkylation sites (tertiary alicyclic amines) is 1. The van der Waals surface area contributed by atoms with Gasteiger partial charge in [0.2, 0.25) is 0 Å². The molecule has 3 nitrogen and oxygen atoms in total. The molecule has 0 bridgehead atoms. The molecule has 0 amide bonds. The van der Waals surface area contributed by atoms with Crippen LogP contribution in [0.25, 0.3) is 0 Å². The number of halogens is 3. The van der Waals surface area contributed by atoms with E-state index in [0.717, 1.165) is 5.69 Å². The topological polar surface area (TPSA) is 36.4 Å². The molecule has 1 aromatic heterocycles. The summed E-state index contributed by atoms with van der Waals surface area (Å²) in [6, 6.07) is 4.69. The van der Waals surface area contributed by atoms with E-state index in [-0.39, 0.29) is 0 Å². The number of hydrogen-bond donors (Lipinski definition) is 1. The second-order valence-electron chi connectivity index (χ2n) is 4.80. The third kappa shape index (κ3) is 3.67. The van der Waals surface area contributed by atoms with Gasteiger partial charge in [0, 0.05) is 30.9 Å². The van der Waals surface area contributed by atoms with Crippen LogP contribution in [0, 0.1) is 0 Å². The normalized spacial score (nSPS) is 22.6. The number of pyridine rings is 1. The maximum atomic E-state index is 12.5. The first-order chi connectivity index (χ1) is 8.98. The minimum atomic E-state index is -4.54. The summed E-state index contributed by atoms with van der Waals surface area (Å²) in [6.45, 7) is 1.10. The lowest BCUT2D eigenvalue weighted by Gasteiger charge is -2.29. The molecule has 19 heavy (non-hydrogen) atoms. The van der Waals surface area contributed by atoms with Crippen molar-refractivity contribution in [3.63, 3.8) is 0 Å². The van der Waals surface area contributed by atoms with Gasteiger partial charge in [-0.15, -0.1) is 0 Å². The van der Waals surface area contributed by atoms with E-state index in [1.54, 1.807) is 17.2 Å². The highest BCUT2D eigenvalue weighted by Gasteiger charge is 2.46. The second kappa shape index (κ2) is 5.88. The van der Waals surface area contributed by atoms with Crippen LogP contribution in [0.5, 0.6) is 0 Å². The Hall–Kier alpha value is -1.14. The molecule has 2 heterocycles. The molecule has 0 radical (unpaired) electrons. The molecule has 1 saturated heterocycles. The maximum absolute atomic E-state index is 12.5. The molecule has 0 unspecified atom stereocenters. The van der Waals surface area contributed by atoms with E-state index >= 15 is 0 Å². The number of aromatic nitrogens is 1. The number of aliphatic hydroxyl groups is 1. The lowest BCUT2D eigenvalue weighted by atomic mass is 10.1. The van der Waals surface area contributed by atoms with Gasteiger partial charge in [-0.05, 0) is 31.5 Å². The average molecular weight is 274 g/mol. The number of rotatable bonds is 4. The van der Waals surface area contributed by atoms with Crippen molar-refractivity contribution in [3.05, 3.63) is 30.1 Å². The zero-order chi connectivity index (χ0) is 13.9. The fourth-order valence-corrected chi connectivity index (χ4v) is 2.51. The van der Waals surface area contributed by atoms with Gasteiger partial charge in [-0.1, -0.05) is 6.07 Å². The van der Waals surface area contributed by atoms with Gasteiger partial charge >= 0.3 is 6.18 Å². The fourth-order valence-electron chi connectivity index (χ4n) is 2.51. The van der Waals surface area contributed by atoms with Gasteiger partial charge in [0.05, 0.1) is 0 Å². The van der Waals surface area contributed by atoms with Gasteiger partial charge in [0.25, 0.3) is 0 Å². The van der Waals surface area contributed by atoms with Crippen molar-refractivity contribution in [3.8, 4) is 0 Å². The SMILES string of the molecule is O[C@H]([C@@H]1CCCN1CCc1ccccn1)C(F)(F)F. The van der Waals surface area contributed by atoms with E-state index in [0.29, 0.717) is 32.4 Å². The molecule has 1 N–H and O–H groups in total. The van der Waals surface area contributed by atoms with E-state index in [9.17, 15) is 18.3 Å². The van der Waals surface area contributed by atoms with Crippen LogP contribution in [0.15, 0.2) is 24.4 Å². The highest BCUT2D eigenvalue weighted by molar-refractivity contribution is 5.04. The largest absolute Gasteiger partial charge is 0.415 e. The van der Waals surface area contributed by atoms with Crippen LogP contribution < -0.4 is 0 Å². The number of alkyl halides is 3. The van der Waals surface area contributed by atoms with Gasteiger partial charge in [0.1, 0.15) is 0 Å². The Bertz CT molecular complexity index is 397. The molecule has 106 valence electrons. The monoisotopic (exact) mass is 274 g/mol. The molecule has 0 aliphatic carbocycles. The van der Waals surface area contributed by atoms with Crippen LogP contribution in [0.3, 0.4) is 0 Å². The van der Waals surface area contributed by atoms with Crippen molar-refractivity contribution in [1.82, 2.24) is 9.88 Å². The Morgan fingerprint density at radius 2 is 2.21 bits per heavy atom. The second-order valence-corrected chi connectivity index (χ2v) is 4.80. The summed E-state index contributed by atoms with van der Waals surface area (Å²) in [5.41, 5.74) is 0.856. The standard InChI is InChI=1S/C13H17F3N2O/c14-13(15,16)12(19)11-5-3-8-18(11)9-6-10-4-1-2-7-17-10/h1-2,4,7,11-12,19H,3,5-6,8-9H2/t11-,12+/m0/s1. The molecule has 0 spiro atoms. The molecular weight excluding hydrogens is 257 g/mol. The van der Waals surface area contributed by atoms with E-state index < -0.39 is 18.3 Å². The Morgan fingerprint density at radius 1 is 1.42 bits per heavy atom. The Labute approximate surface area is 110 Å². The predicted octanol–water partition coefficient (Wildman–Crippen LogP) is 2.01. The summed E-state index contributed by atoms with van der Waals surface area (Å²) >= 11 is 0. The molecule has 0 aromatic carbocycles. The molecule has 2 atom stereocenters. The number of hydrogen-bond acceptors (Lipinski definition) is 3. The minimum absolute atomic E-state index is 0.392. The quantitative estimate of drug-likeness (QED) is 0.912. The Morgan fingerprint density at radius 3 is 2.84 bits per heavy atom. The van der Waals surface area contributed by atoms with Crippen LogP contribution >= 0.6 is 0 Å². The van der Waals surface area contributed by atoms with Crippen molar-refractivity contribution in [2.24, 2.45) is 0 Å². The van der Waals surface area contributed by atoms with Crippen LogP contribution in [0.2, 0.25) is 0 Å². The molecule has 1 fully saturated rings. The van der Waals surface area contributed by atoms with Gasteiger partial charge in [-0.2, -0.15) is 13.2 Å². The van der Waals surface area contributed by atoms with Gasteiger partial charge in [-0.3, -0.25) is 9.88 Å². The van der Waals surface area contributed by atoms with Gasteiger partial charge in [0.15, 0.2) is 6.10 Å². The zero-order valence-electron chi connectivity index (χ0n) is 10.5. The summed E-state index contributed by atoms with van der Waals surface area (Å²) < 4.78 is 37.6. The summed E-state index contributed by atoms with van der Waals surface area (Å²) in [6.07, 6.45) is -3.44. The maximum Gasteiger partial charge on any atom is 0.415 e. The van der Waals surface area contributed by atoms with E-state index in [4.69, 9.17) is 0 Å². The summed E-state index contributed by atoms with van der Waals surface area (Å²) in [5.74, 6) is 0. The number of aliphatic hydroxyl groups excluding tert-OH is 1. The third-order valence-electron chi connectivity index (χ3n) is 3.50. The van der Waals surface area contributed by atoms with Gasteiger partial charge < -0.3 is 5.11 Å². The minimum Gasteiger partial charge on any atom is -0.382 e. The predicted molar refractivity (Wildman–Crippen MR) is 64.6 cm³/mol. The molecule has 0 saturated carbocycles. The molecule has 6 heteroatoms. The first-order valence-electron chi connectivity index (χ1n) is 6.37. The van der Waals surface area contributed by atoms with Gasteiger partial charge in [-0.25, -0.2) is 0 Å². The van der Waals surface area contributed by atoms with E-state index in [2.05, 4.69) is 4.98 Å². The van der Waals surface area contributed by atoms with E-state index in [1.807, 2.05) is 12.1 Å². The highest BCUT2D eigenvalue weighted by Crippen LogP contribution is 2.30. The fraction of sp³-hybridized carbons (Fsp3) is 0.615. The van der Waals surface area contributed by atoms with Crippen molar-refractivity contribution in [1.29, 1.82) is 0 Å². The van der Waals surface area contributed by atoms with E-state index in [1.165, 1.54) is 0 Å². The van der Waals surface area contributed by atoms with Crippen LogP contribution in [0.4, 0.5) is 13.2 Å². The van der Waals surface area contributed by atoms with Crippen molar-refractivity contribution < 1.29 is 18.3 Å². The summed E-state index contributed by atoms with van der Waals surface area (Å²) in [4.78, 5) is 5.86. The smallest absolute Gasteiger partial charge is 0.382 e. The average Bonchev–Trinajstić information content (AvgIpc) is 2.83. The van der Waals surface area contributed by atoms with Crippen molar-refractivity contribution >= 4 is 0 Å². The van der Waals surface area contributed by atoms with Crippen molar-refractivity contribution in [2.75, 3.05) is 13.1 Å². The molecular formula is C13H17F3N2O. The zero-order valence-corrected chi connectivity index (χ0v) is 10.5. The molecule has 1 aliphatic rings. The highest BCUT2D eigenvalue weighted by atomic mass is 19.4. The molecule has 1 aromatic rings. The Balaban J connectivity index is 1.92. The molecule has 2 rings (SSSR count). The summed E-state index contributed by atoms with van der Waals surface area (Å²) in [7, 11) is 0. The first kappa shape index (κ1) is 14.3. The van der Waals surface area contributed by atoms with Crippen LogP contribution in [-0.2, 0) is 6.42 Å². The molecule has 1 aliphatic heterocycles.